The van der Waals surface area contributed by atoms with Crippen LogP contribution in [0, 0.1) is 0 Å². The predicted molar refractivity (Wildman–Crippen MR) is 87.4 cm³/mol. The third-order valence-corrected chi connectivity index (χ3v) is 18.5. The van der Waals surface area contributed by atoms with Crippen molar-refractivity contribution in [3.05, 3.63) is 0 Å². The van der Waals surface area contributed by atoms with Crippen molar-refractivity contribution >= 4 is 90.3 Å². The summed E-state index contributed by atoms with van der Waals surface area (Å²) in [4.78, 5) is 0. The van der Waals surface area contributed by atoms with Gasteiger partial charge in [-0.15, -0.1) is 0 Å². The molecule has 2 nitrogen and oxygen atoms in total. The van der Waals surface area contributed by atoms with Crippen LogP contribution in [0.4, 0.5) is 0 Å². The van der Waals surface area contributed by atoms with Gasteiger partial charge in [0.1, 0.15) is 0 Å². The molecule has 4 aliphatic heterocycles. The van der Waals surface area contributed by atoms with E-state index in [-0.39, 0.29) is 31.0 Å². The minimum atomic E-state index is 0.111. The van der Waals surface area contributed by atoms with Crippen LogP contribution in [0.25, 0.3) is 0 Å². The first-order chi connectivity index (χ1) is 8.00. The quantitative estimate of drug-likeness (QED) is 0.430. The van der Waals surface area contributed by atoms with E-state index in [1.807, 2.05) is 10.0 Å². The standard InChI is InChI=1S/C2H5AsO.2C2H5AsS.CH3AsOS/c3*1-2-4-3-1;1-3-2-4-1/h3*3H,1-2H2;2H,1H2. The summed E-state index contributed by atoms with van der Waals surface area (Å²) in [5.41, 5.74) is 0. The Bertz CT molecular complexity index is 93.6. The molecule has 4 aliphatic rings. The molecule has 0 amide bonds. The first kappa shape index (κ1) is 17.3. The van der Waals surface area contributed by atoms with E-state index in [0.717, 1.165) is 12.5 Å². The molecule has 4 rings (SSSR count). The van der Waals surface area contributed by atoms with Gasteiger partial charge in [-0.3, -0.25) is 0 Å². The van der Waals surface area contributed by atoms with Crippen molar-refractivity contribution in [1.82, 2.24) is 0 Å². The van der Waals surface area contributed by atoms with E-state index in [1.165, 1.54) is 16.7 Å². The van der Waals surface area contributed by atoms with Crippen LogP contribution in [-0.2, 0) is 7.45 Å². The van der Waals surface area contributed by atoms with E-state index in [9.17, 15) is 0 Å². The summed E-state index contributed by atoms with van der Waals surface area (Å²) in [7, 11) is 6.26. The van der Waals surface area contributed by atoms with Crippen LogP contribution >= 0.6 is 30.1 Å². The van der Waals surface area contributed by atoms with Crippen molar-refractivity contribution in [3.8, 4) is 0 Å². The Labute approximate surface area is 135 Å². The van der Waals surface area contributed by atoms with Crippen LogP contribution in [-0.4, -0.2) is 84.3 Å². The monoisotopic (exact) mass is 530 g/mol. The van der Waals surface area contributed by atoms with Gasteiger partial charge in [0, 0.05) is 0 Å². The van der Waals surface area contributed by atoms with E-state index in [2.05, 4.69) is 20.0 Å². The number of hydrogen-bond donors (Lipinski definition) is 0. The third-order valence-electron chi connectivity index (χ3n) is 1.46. The molecule has 4 saturated heterocycles. The molecule has 96 valence electrons. The summed E-state index contributed by atoms with van der Waals surface area (Å²) in [6.45, 7) is 1.06. The summed E-state index contributed by atoms with van der Waals surface area (Å²) >= 11 is 1.53. The van der Waals surface area contributed by atoms with Crippen LogP contribution in [0.1, 0.15) is 0 Å². The molecule has 4 unspecified atom stereocenters. The molecule has 0 aromatic rings. The van der Waals surface area contributed by atoms with Gasteiger partial charge in [-0.2, -0.15) is 0 Å². The Morgan fingerprint density at radius 1 is 0.812 bits per heavy atom. The summed E-state index contributed by atoms with van der Waals surface area (Å²) < 4.78 is 9.66. The van der Waals surface area contributed by atoms with Crippen molar-refractivity contribution in [1.29, 1.82) is 0 Å². The summed E-state index contributed by atoms with van der Waals surface area (Å²) in [6, 6.07) is 0. The Morgan fingerprint density at radius 3 is 1.00 bits per heavy atom. The zero-order valence-corrected chi connectivity index (χ0v) is 19.8. The Kier molecular flexibility index (Phi) is 15.8. The number of hydrogen-bond acceptors (Lipinski definition) is 5. The average Bonchev–Trinajstić information content (AvgIpc) is 1.62. The van der Waals surface area contributed by atoms with Crippen LogP contribution in [0.15, 0.2) is 0 Å². The maximum atomic E-state index is 4.85. The first-order valence-electron chi connectivity index (χ1n) is 5.02. The van der Waals surface area contributed by atoms with Gasteiger partial charge in [0.2, 0.25) is 0 Å². The average molecular weight is 530 g/mol. The van der Waals surface area contributed by atoms with Crippen molar-refractivity contribution in [2.24, 2.45) is 0 Å². The fourth-order valence-electron chi connectivity index (χ4n) is 0.365. The van der Waals surface area contributed by atoms with Crippen molar-refractivity contribution in [2.75, 3.05) is 24.1 Å². The second-order valence-electron chi connectivity index (χ2n) is 2.72. The van der Waals surface area contributed by atoms with Crippen LogP contribution in [0.2, 0.25) is 15.6 Å². The molecule has 0 N–H and O–H groups in total. The van der Waals surface area contributed by atoms with E-state index in [1.54, 1.807) is 10.4 Å². The maximum absolute atomic E-state index is 4.85. The molecule has 16 heavy (non-hydrogen) atoms. The summed E-state index contributed by atoms with van der Waals surface area (Å²) in [5.74, 6) is 3.92. The second kappa shape index (κ2) is 14.6. The predicted octanol–water partition coefficient (Wildman–Crippen LogP) is 0.766. The zero-order valence-electron chi connectivity index (χ0n) is 8.99. The van der Waals surface area contributed by atoms with Crippen LogP contribution in [0.3, 0.4) is 0 Å². The molecule has 0 aromatic heterocycles. The fraction of sp³-hybridized carbons (Fsp3) is 1.00. The third kappa shape index (κ3) is 12.2. The molecule has 0 spiro atoms. The molecular weight excluding hydrogens is 512 g/mol. The Hall–Kier alpha value is 3.20. The van der Waals surface area contributed by atoms with Gasteiger partial charge in [0.05, 0.1) is 0 Å². The zero-order chi connectivity index (χ0) is 11.3. The summed E-state index contributed by atoms with van der Waals surface area (Å²) in [5, 5.41) is 4.58. The van der Waals surface area contributed by atoms with Gasteiger partial charge in [0.15, 0.2) is 0 Å². The molecular formula is C7H18As4O2S3. The minimum absolute atomic E-state index is 0.111. The Balaban J connectivity index is 0.000000107. The molecule has 0 aromatic carbocycles. The van der Waals surface area contributed by atoms with Gasteiger partial charge in [-0.05, 0) is 0 Å². The SMILES string of the molecule is C1C[AsH]O1.C1C[AsH]S1.C1C[AsH]S1.C1O[AsH]S1. The van der Waals surface area contributed by atoms with E-state index >= 15 is 0 Å². The molecule has 4 heterocycles. The second-order valence-corrected chi connectivity index (χ2v) is 20.5. The Morgan fingerprint density at radius 2 is 1.00 bits per heavy atom. The summed E-state index contributed by atoms with van der Waals surface area (Å²) in [6.07, 6.45) is 0. The van der Waals surface area contributed by atoms with Crippen LogP contribution in [0.5, 0.6) is 0 Å². The van der Waals surface area contributed by atoms with Crippen molar-refractivity contribution in [2.45, 2.75) is 15.6 Å². The van der Waals surface area contributed by atoms with E-state index in [4.69, 9.17) is 7.45 Å². The van der Waals surface area contributed by atoms with Crippen LogP contribution < -0.4 is 0 Å². The molecule has 0 aliphatic carbocycles. The van der Waals surface area contributed by atoms with Gasteiger partial charge in [-0.25, -0.2) is 0 Å². The van der Waals surface area contributed by atoms with E-state index in [0.29, 0.717) is 29.2 Å². The van der Waals surface area contributed by atoms with Crippen molar-refractivity contribution < 1.29 is 7.45 Å². The van der Waals surface area contributed by atoms with E-state index < -0.39 is 0 Å². The van der Waals surface area contributed by atoms with Gasteiger partial charge in [0.25, 0.3) is 0 Å². The molecule has 0 saturated carbocycles. The first-order valence-corrected chi connectivity index (χ1v) is 21.9. The van der Waals surface area contributed by atoms with Gasteiger partial charge < -0.3 is 0 Å². The fourth-order valence-corrected chi connectivity index (χ4v) is 4.63. The molecule has 4 fully saturated rings. The normalized spacial score (nSPS) is 30.0. The molecule has 9 heteroatoms. The van der Waals surface area contributed by atoms with Gasteiger partial charge >= 0.3 is 137 Å². The topological polar surface area (TPSA) is 18.5 Å². The van der Waals surface area contributed by atoms with Crippen molar-refractivity contribution in [3.63, 3.8) is 0 Å². The molecule has 0 bridgehead atoms. The molecule has 4 atom stereocenters. The van der Waals surface area contributed by atoms with Gasteiger partial charge in [-0.1, -0.05) is 0 Å². The molecule has 0 radical (unpaired) electrons. The number of rotatable bonds is 0.